The molecule has 1 heterocycles. The third kappa shape index (κ3) is 3.58. The van der Waals surface area contributed by atoms with E-state index >= 15 is 0 Å². The summed E-state index contributed by atoms with van der Waals surface area (Å²) < 4.78 is 10.7. The Labute approximate surface area is 125 Å². The van der Waals surface area contributed by atoms with E-state index in [1.165, 1.54) is 25.0 Å². The van der Waals surface area contributed by atoms with Crippen LogP contribution in [0.25, 0.3) is 0 Å². The third-order valence-electron chi connectivity index (χ3n) is 3.73. The van der Waals surface area contributed by atoms with Crippen molar-refractivity contribution in [3.05, 3.63) is 18.0 Å². The van der Waals surface area contributed by atoms with Crippen molar-refractivity contribution in [2.75, 3.05) is 20.0 Å². The minimum atomic E-state index is 0.581. The van der Waals surface area contributed by atoms with Crippen LogP contribution in [0.5, 0.6) is 11.5 Å². The molecule has 1 fully saturated rings. The van der Waals surface area contributed by atoms with Crippen LogP contribution in [0.2, 0.25) is 0 Å². The molecule has 4 nitrogen and oxygen atoms in total. The molecule has 0 radical (unpaired) electrons. The predicted molar refractivity (Wildman–Crippen MR) is 83.7 cm³/mol. The Hall–Kier alpha value is -0.940. The van der Waals surface area contributed by atoms with Crippen LogP contribution >= 0.6 is 11.8 Å². The second kappa shape index (κ2) is 7.74. The van der Waals surface area contributed by atoms with Crippen LogP contribution in [0.15, 0.2) is 12.3 Å². The maximum absolute atomic E-state index is 5.42. The highest BCUT2D eigenvalue weighted by Crippen LogP contribution is 2.32. The number of methoxy groups -OCH3 is 2. The molecule has 20 heavy (non-hydrogen) atoms. The molecule has 1 aliphatic carbocycles. The van der Waals surface area contributed by atoms with Crippen molar-refractivity contribution in [1.82, 2.24) is 10.3 Å². The Bertz CT molecular complexity index is 428. The van der Waals surface area contributed by atoms with E-state index in [0.29, 0.717) is 6.04 Å². The summed E-state index contributed by atoms with van der Waals surface area (Å²) in [5, 5.41) is 4.37. The first kappa shape index (κ1) is 15.4. The van der Waals surface area contributed by atoms with Gasteiger partial charge in [0.15, 0.2) is 11.5 Å². The van der Waals surface area contributed by atoms with E-state index < -0.39 is 0 Å². The van der Waals surface area contributed by atoms with Crippen LogP contribution in [0, 0.1) is 0 Å². The molecule has 2 unspecified atom stereocenters. The van der Waals surface area contributed by atoms with Gasteiger partial charge in [-0.25, -0.2) is 0 Å². The minimum Gasteiger partial charge on any atom is -0.493 e. The summed E-state index contributed by atoms with van der Waals surface area (Å²) >= 11 is 2.06. The van der Waals surface area contributed by atoms with Crippen LogP contribution < -0.4 is 14.8 Å². The number of nitrogens with zero attached hydrogens (tertiary/aromatic N) is 1. The average molecular weight is 296 g/mol. The zero-order valence-electron chi connectivity index (χ0n) is 12.5. The summed E-state index contributed by atoms with van der Waals surface area (Å²) in [7, 11) is 3.31. The van der Waals surface area contributed by atoms with Gasteiger partial charge in [0.25, 0.3) is 0 Å². The highest BCUT2D eigenvalue weighted by Gasteiger charge is 2.27. The van der Waals surface area contributed by atoms with Gasteiger partial charge in [-0.2, -0.15) is 11.8 Å². The van der Waals surface area contributed by atoms with Gasteiger partial charge in [0.05, 0.1) is 19.9 Å². The maximum Gasteiger partial charge on any atom is 0.183 e. The fraction of sp³-hybridized carbons (Fsp3) is 0.667. The van der Waals surface area contributed by atoms with Crippen LogP contribution in [-0.2, 0) is 6.54 Å². The Morgan fingerprint density at radius 2 is 2.20 bits per heavy atom. The van der Waals surface area contributed by atoms with Gasteiger partial charge < -0.3 is 14.8 Å². The standard InChI is InChI=1S/C15H24N2O2S/c1-4-20-14-7-5-6-11(14)17-10-12-15(19-3)13(18-2)8-9-16-12/h8-9,11,14,17H,4-7,10H2,1-3H3. The van der Waals surface area contributed by atoms with Gasteiger partial charge in [-0.15, -0.1) is 0 Å². The lowest BCUT2D eigenvalue weighted by Crippen LogP contribution is -2.34. The Kier molecular flexibility index (Phi) is 5.98. The molecule has 1 aromatic heterocycles. The average Bonchev–Trinajstić information content (AvgIpc) is 2.92. The summed E-state index contributed by atoms with van der Waals surface area (Å²) in [6.45, 7) is 2.96. The first-order valence-corrected chi connectivity index (χ1v) is 8.25. The predicted octanol–water partition coefficient (Wildman–Crippen LogP) is 2.86. The highest BCUT2D eigenvalue weighted by atomic mass is 32.2. The van der Waals surface area contributed by atoms with E-state index in [9.17, 15) is 0 Å². The molecular formula is C15H24N2O2S. The fourth-order valence-electron chi connectivity index (χ4n) is 2.78. The normalized spacial score (nSPS) is 21.9. The van der Waals surface area contributed by atoms with Crippen LogP contribution in [0.4, 0.5) is 0 Å². The van der Waals surface area contributed by atoms with Gasteiger partial charge in [0, 0.05) is 30.1 Å². The maximum atomic E-state index is 5.42. The van der Waals surface area contributed by atoms with E-state index in [4.69, 9.17) is 9.47 Å². The second-order valence-corrected chi connectivity index (χ2v) is 6.42. The van der Waals surface area contributed by atoms with Gasteiger partial charge >= 0.3 is 0 Å². The molecule has 0 saturated heterocycles. The number of rotatable bonds is 7. The summed E-state index contributed by atoms with van der Waals surface area (Å²) in [5.74, 6) is 2.66. The number of aromatic nitrogens is 1. The van der Waals surface area contributed by atoms with E-state index in [0.717, 1.165) is 29.0 Å². The van der Waals surface area contributed by atoms with Gasteiger partial charge in [-0.3, -0.25) is 4.98 Å². The first-order chi connectivity index (χ1) is 9.80. The zero-order chi connectivity index (χ0) is 14.4. The van der Waals surface area contributed by atoms with Crippen LogP contribution in [0.1, 0.15) is 31.9 Å². The number of pyridine rings is 1. The first-order valence-electron chi connectivity index (χ1n) is 7.21. The molecule has 0 aliphatic heterocycles. The number of hydrogen-bond donors (Lipinski definition) is 1. The molecule has 1 aromatic rings. The SMILES string of the molecule is CCSC1CCCC1NCc1nccc(OC)c1OC. The monoisotopic (exact) mass is 296 g/mol. The van der Waals surface area contributed by atoms with Crippen molar-refractivity contribution in [2.24, 2.45) is 0 Å². The largest absolute Gasteiger partial charge is 0.493 e. The van der Waals surface area contributed by atoms with Gasteiger partial charge in [0.1, 0.15) is 0 Å². The summed E-state index contributed by atoms with van der Waals surface area (Å²) in [4.78, 5) is 4.42. The molecule has 1 N–H and O–H groups in total. The number of ether oxygens (including phenoxy) is 2. The van der Waals surface area contributed by atoms with Crippen molar-refractivity contribution in [3.63, 3.8) is 0 Å². The molecule has 2 rings (SSSR count). The molecule has 0 amide bonds. The molecule has 112 valence electrons. The summed E-state index contributed by atoms with van der Waals surface area (Å²) in [6, 6.07) is 2.41. The highest BCUT2D eigenvalue weighted by molar-refractivity contribution is 7.99. The Morgan fingerprint density at radius 1 is 1.35 bits per heavy atom. The number of thioether (sulfide) groups is 1. The van der Waals surface area contributed by atoms with Crippen molar-refractivity contribution >= 4 is 11.8 Å². The molecular weight excluding hydrogens is 272 g/mol. The summed E-state index contributed by atoms with van der Waals surface area (Å²) in [5.41, 5.74) is 0.916. The quantitative estimate of drug-likeness (QED) is 0.838. The van der Waals surface area contributed by atoms with Gasteiger partial charge in [-0.05, 0) is 18.6 Å². The Balaban J connectivity index is 2.00. The second-order valence-electron chi connectivity index (χ2n) is 4.91. The van der Waals surface area contributed by atoms with Crippen molar-refractivity contribution in [1.29, 1.82) is 0 Å². The minimum absolute atomic E-state index is 0.581. The van der Waals surface area contributed by atoms with E-state index in [1.807, 2.05) is 6.07 Å². The topological polar surface area (TPSA) is 43.4 Å². The van der Waals surface area contributed by atoms with Gasteiger partial charge in [-0.1, -0.05) is 13.3 Å². The lowest BCUT2D eigenvalue weighted by molar-refractivity contribution is 0.347. The molecule has 0 bridgehead atoms. The van der Waals surface area contributed by atoms with Crippen molar-refractivity contribution in [2.45, 2.75) is 44.0 Å². The Morgan fingerprint density at radius 3 is 2.90 bits per heavy atom. The van der Waals surface area contributed by atoms with Gasteiger partial charge in [0.2, 0.25) is 0 Å². The lowest BCUT2D eigenvalue weighted by Gasteiger charge is -2.20. The molecule has 0 aromatic carbocycles. The molecule has 2 atom stereocenters. The molecule has 1 aliphatic rings. The van der Waals surface area contributed by atoms with Crippen molar-refractivity contribution in [3.8, 4) is 11.5 Å². The molecule has 1 saturated carbocycles. The third-order valence-corrected chi connectivity index (χ3v) is 5.06. The number of hydrogen-bond acceptors (Lipinski definition) is 5. The van der Waals surface area contributed by atoms with E-state index in [1.54, 1.807) is 20.4 Å². The van der Waals surface area contributed by atoms with E-state index in [2.05, 4.69) is 29.0 Å². The molecule has 5 heteroatoms. The number of nitrogens with one attached hydrogen (secondary N) is 1. The molecule has 0 spiro atoms. The lowest BCUT2D eigenvalue weighted by atomic mass is 10.2. The van der Waals surface area contributed by atoms with Crippen LogP contribution in [0.3, 0.4) is 0 Å². The smallest absolute Gasteiger partial charge is 0.183 e. The van der Waals surface area contributed by atoms with E-state index in [-0.39, 0.29) is 0 Å². The van der Waals surface area contributed by atoms with Crippen LogP contribution in [-0.4, -0.2) is 36.2 Å². The summed E-state index contributed by atoms with van der Waals surface area (Å²) in [6.07, 6.45) is 5.66. The zero-order valence-corrected chi connectivity index (χ0v) is 13.3. The fourth-order valence-corrected chi connectivity index (χ4v) is 4.00. The van der Waals surface area contributed by atoms with Crippen molar-refractivity contribution < 1.29 is 9.47 Å².